The number of rotatable bonds is 9. The summed E-state index contributed by atoms with van der Waals surface area (Å²) in [6.45, 7) is 10.2. The maximum Gasteiger partial charge on any atom is 0.405 e. The van der Waals surface area contributed by atoms with Crippen LogP contribution in [0.3, 0.4) is 0 Å². The summed E-state index contributed by atoms with van der Waals surface area (Å²) in [4.78, 5) is 12.2. The summed E-state index contributed by atoms with van der Waals surface area (Å²) in [6.07, 6.45) is -3.33. The molecule has 4 nitrogen and oxygen atoms in total. The van der Waals surface area contributed by atoms with Crippen molar-refractivity contribution in [1.29, 1.82) is 0 Å². The summed E-state index contributed by atoms with van der Waals surface area (Å²) in [5.41, 5.74) is 0. The Balaban J connectivity index is 5.42. The number of carbonyl (C=O) groups excluding carboxylic acids is 1. The molecule has 0 aliphatic carbocycles. The SMILES string of the molecule is CCCCOC(=O)[C@H](CC(C)C)[C@@H](N[S@](=O)C(C)(C)C)C(F)(F)F. The van der Waals surface area contributed by atoms with Gasteiger partial charge in [-0.1, -0.05) is 27.2 Å². The molecule has 0 radical (unpaired) electrons. The Morgan fingerprint density at radius 3 is 2.12 bits per heavy atom. The lowest BCUT2D eigenvalue weighted by Crippen LogP contribution is -2.54. The molecule has 24 heavy (non-hydrogen) atoms. The predicted octanol–water partition coefficient (Wildman–Crippen LogP) is 3.97. The van der Waals surface area contributed by atoms with E-state index in [0.717, 1.165) is 6.42 Å². The van der Waals surface area contributed by atoms with Gasteiger partial charge in [-0.05, 0) is 39.5 Å². The molecule has 0 amide bonds. The van der Waals surface area contributed by atoms with Crippen molar-refractivity contribution in [3.8, 4) is 0 Å². The third kappa shape index (κ3) is 8.46. The maximum atomic E-state index is 13.5. The molecule has 3 atom stereocenters. The molecule has 0 aliphatic heterocycles. The van der Waals surface area contributed by atoms with E-state index in [4.69, 9.17) is 4.74 Å². The smallest absolute Gasteiger partial charge is 0.405 e. The molecule has 0 aromatic heterocycles. The molecule has 0 spiro atoms. The molecular weight excluding hydrogens is 343 g/mol. The van der Waals surface area contributed by atoms with Gasteiger partial charge in [-0.25, -0.2) is 8.93 Å². The zero-order chi connectivity index (χ0) is 19.1. The van der Waals surface area contributed by atoms with E-state index >= 15 is 0 Å². The van der Waals surface area contributed by atoms with Crippen molar-refractivity contribution in [3.63, 3.8) is 0 Å². The summed E-state index contributed by atoms with van der Waals surface area (Å²) >= 11 is 0. The van der Waals surface area contributed by atoms with Crippen LogP contribution < -0.4 is 4.72 Å². The van der Waals surface area contributed by atoms with Crippen molar-refractivity contribution < 1.29 is 26.9 Å². The van der Waals surface area contributed by atoms with Crippen molar-refractivity contribution >= 4 is 17.0 Å². The van der Waals surface area contributed by atoms with Gasteiger partial charge in [-0.2, -0.15) is 13.2 Å². The predicted molar refractivity (Wildman–Crippen MR) is 89.7 cm³/mol. The van der Waals surface area contributed by atoms with Crippen LogP contribution in [0.1, 0.15) is 60.8 Å². The second kappa shape index (κ2) is 9.75. The molecule has 0 unspecified atom stereocenters. The van der Waals surface area contributed by atoms with Crippen LogP contribution in [0.4, 0.5) is 13.2 Å². The molecule has 8 heteroatoms. The van der Waals surface area contributed by atoms with Gasteiger partial charge in [-0.3, -0.25) is 4.79 Å². The zero-order valence-electron chi connectivity index (χ0n) is 15.3. The van der Waals surface area contributed by atoms with E-state index in [1.807, 2.05) is 6.92 Å². The molecule has 0 bridgehead atoms. The Hall–Kier alpha value is -0.630. The van der Waals surface area contributed by atoms with Gasteiger partial charge in [0, 0.05) is 0 Å². The third-order valence-electron chi connectivity index (χ3n) is 3.32. The van der Waals surface area contributed by atoms with Crippen LogP contribution in [0.25, 0.3) is 0 Å². The van der Waals surface area contributed by atoms with Crippen LogP contribution in [-0.2, 0) is 20.5 Å². The first-order valence-electron chi connectivity index (χ1n) is 8.22. The minimum atomic E-state index is -4.70. The second-order valence-electron chi connectivity index (χ2n) is 7.28. The Kier molecular flexibility index (Phi) is 9.49. The van der Waals surface area contributed by atoms with Gasteiger partial charge in [-0.15, -0.1) is 0 Å². The number of alkyl halides is 3. The standard InChI is InChI=1S/C16H30F3NO3S/c1-7-8-9-23-14(21)12(10-11(2)3)13(16(17,18)19)20-24(22)15(4,5)6/h11-13,20H,7-10H2,1-6H3/t12-,13-,24-/m1/s1. The fourth-order valence-electron chi connectivity index (χ4n) is 1.97. The third-order valence-corrected chi connectivity index (χ3v) is 4.90. The van der Waals surface area contributed by atoms with Gasteiger partial charge in [0.15, 0.2) is 0 Å². The Morgan fingerprint density at radius 2 is 1.75 bits per heavy atom. The molecule has 0 aromatic rings. The number of nitrogens with one attached hydrogen (secondary N) is 1. The van der Waals surface area contributed by atoms with Crippen LogP contribution in [0.15, 0.2) is 0 Å². The molecule has 1 N–H and O–H groups in total. The summed E-state index contributed by atoms with van der Waals surface area (Å²) in [6, 6.07) is -2.20. The largest absolute Gasteiger partial charge is 0.465 e. The van der Waals surface area contributed by atoms with E-state index in [1.54, 1.807) is 34.6 Å². The monoisotopic (exact) mass is 373 g/mol. The van der Waals surface area contributed by atoms with E-state index in [1.165, 1.54) is 0 Å². The van der Waals surface area contributed by atoms with E-state index < -0.39 is 39.8 Å². The molecule has 0 saturated heterocycles. The van der Waals surface area contributed by atoms with E-state index in [0.29, 0.717) is 6.42 Å². The zero-order valence-corrected chi connectivity index (χ0v) is 16.1. The van der Waals surface area contributed by atoms with Gasteiger partial charge in [0.1, 0.15) is 6.04 Å². The molecule has 0 saturated carbocycles. The topological polar surface area (TPSA) is 55.4 Å². The lowest BCUT2D eigenvalue weighted by molar-refractivity contribution is -0.180. The number of ether oxygens (including phenoxy) is 1. The normalized spacial score (nSPS) is 16.8. The highest BCUT2D eigenvalue weighted by Crippen LogP contribution is 2.31. The number of esters is 1. The number of hydrogen-bond donors (Lipinski definition) is 1. The summed E-state index contributed by atoms with van der Waals surface area (Å²) in [5.74, 6) is -2.45. The van der Waals surface area contributed by atoms with Crippen LogP contribution in [0.2, 0.25) is 0 Å². The molecule has 0 rings (SSSR count). The quantitative estimate of drug-likeness (QED) is 0.491. The van der Waals surface area contributed by atoms with Crippen molar-refractivity contribution in [2.75, 3.05) is 6.61 Å². The van der Waals surface area contributed by atoms with Crippen molar-refractivity contribution in [2.24, 2.45) is 11.8 Å². The molecule has 144 valence electrons. The average Bonchev–Trinajstić information content (AvgIpc) is 2.39. The van der Waals surface area contributed by atoms with E-state index in [-0.39, 0.29) is 18.9 Å². The first-order chi connectivity index (χ1) is 10.8. The van der Waals surface area contributed by atoms with Gasteiger partial charge in [0.25, 0.3) is 0 Å². The minimum absolute atomic E-state index is 0.00345. The minimum Gasteiger partial charge on any atom is -0.465 e. The van der Waals surface area contributed by atoms with Gasteiger partial charge in [0.2, 0.25) is 0 Å². The van der Waals surface area contributed by atoms with Gasteiger partial charge in [0.05, 0.1) is 28.3 Å². The van der Waals surface area contributed by atoms with E-state index in [2.05, 4.69) is 4.72 Å². The molecular formula is C16H30F3NO3S. The fourth-order valence-corrected chi connectivity index (χ4v) is 2.85. The number of carbonyl (C=O) groups is 1. The van der Waals surface area contributed by atoms with Crippen molar-refractivity contribution in [1.82, 2.24) is 4.72 Å². The first-order valence-corrected chi connectivity index (χ1v) is 9.37. The average molecular weight is 373 g/mol. The number of hydrogen-bond acceptors (Lipinski definition) is 3. The summed E-state index contributed by atoms with van der Waals surface area (Å²) in [7, 11) is -1.95. The van der Waals surface area contributed by atoms with Gasteiger partial charge < -0.3 is 4.74 Å². The highest BCUT2D eigenvalue weighted by molar-refractivity contribution is 7.84. The second-order valence-corrected chi connectivity index (χ2v) is 9.27. The number of unbranched alkanes of at least 4 members (excludes halogenated alkanes) is 1. The van der Waals surface area contributed by atoms with Crippen LogP contribution in [0, 0.1) is 11.8 Å². The summed E-state index contributed by atoms with van der Waals surface area (Å²) < 4.78 is 58.9. The van der Waals surface area contributed by atoms with Crippen molar-refractivity contribution in [3.05, 3.63) is 0 Å². The van der Waals surface area contributed by atoms with Crippen LogP contribution in [-0.4, -0.2) is 33.8 Å². The maximum absolute atomic E-state index is 13.5. The fraction of sp³-hybridized carbons (Fsp3) is 0.938. The van der Waals surface area contributed by atoms with Gasteiger partial charge >= 0.3 is 12.1 Å². The molecule has 0 aromatic carbocycles. The first kappa shape index (κ1) is 23.4. The lowest BCUT2D eigenvalue weighted by Gasteiger charge is -2.31. The van der Waals surface area contributed by atoms with E-state index in [9.17, 15) is 22.2 Å². The van der Waals surface area contributed by atoms with Crippen LogP contribution >= 0.6 is 0 Å². The molecule has 0 fully saturated rings. The highest BCUT2D eigenvalue weighted by Gasteiger charge is 2.49. The lowest BCUT2D eigenvalue weighted by atomic mass is 9.90. The van der Waals surface area contributed by atoms with Crippen molar-refractivity contribution in [2.45, 2.75) is 77.8 Å². The molecule has 0 heterocycles. The molecule has 0 aliphatic rings. The Labute approximate surface area is 145 Å². The number of halogens is 3. The van der Waals surface area contributed by atoms with Crippen LogP contribution in [0.5, 0.6) is 0 Å². The highest BCUT2D eigenvalue weighted by atomic mass is 32.2. The summed E-state index contributed by atoms with van der Waals surface area (Å²) in [5, 5.41) is 0. The Bertz CT molecular complexity index is 420. The Morgan fingerprint density at radius 1 is 1.21 bits per heavy atom.